The molecule has 0 aliphatic carbocycles. The molecule has 8 nitrogen and oxygen atoms in total. The number of nitrogens with two attached hydrogens (primary N) is 1. The van der Waals surface area contributed by atoms with Crippen LogP contribution in [0.15, 0.2) is 59.5 Å². The molecule has 0 radical (unpaired) electrons. The zero-order valence-electron chi connectivity index (χ0n) is 17.3. The highest BCUT2D eigenvalue weighted by Gasteiger charge is 2.19. The number of rotatable bonds is 5. The summed E-state index contributed by atoms with van der Waals surface area (Å²) in [4.78, 5) is 21.6. The summed E-state index contributed by atoms with van der Waals surface area (Å²) in [6.07, 6.45) is 1.36. The van der Waals surface area contributed by atoms with Crippen molar-refractivity contribution < 1.29 is 4.74 Å². The van der Waals surface area contributed by atoms with Crippen LogP contribution < -0.4 is 21.3 Å². The van der Waals surface area contributed by atoms with Crippen LogP contribution in [0, 0.1) is 11.3 Å². The highest BCUT2D eigenvalue weighted by atomic mass is 35.5. The van der Waals surface area contributed by atoms with Crippen molar-refractivity contribution in [2.24, 2.45) is 0 Å². The number of hydrogen-bond acceptors (Lipinski definition) is 7. The third-order valence-electron chi connectivity index (χ3n) is 5.08. The normalized spacial score (nSPS) is 11.7. The first-order valence-electron chi connectivity index (χ1n) is 9.70. The Morgan fingerprint density at radius 1 is 1.25 bits per heavy atom. The van der Waals surface area contributed by atoms with Gasteiger partial charge in [0, 0.05) is 11.4 Å². The van der Waals surface area contributed by atoms with Crippen LogP contribution in [0.1, 0.15) is 24.2 Å². The maximum Gasteiger partial charge on any atom is 0.264 e. The molecule has 0 amide bonds. The van der Waals surface area contributed by atoms with E-state index in [1.165, 1.54) is 6.20 Å². The van der Waals surface area contributed by atoms with E-state index in [1.54, 1.807) is 48.1 Å². The molecule has 4 rings (SSSR count). The summed E-state index contributed by atoms with van der Waals surface area (Å²) in [5.74, 6) is 0.993. The fourth-order valence-electron chi connectivity index (χ4n) is 3.52. The van der Waals surface area contributed by atoms with Gasteiger partial charge in [-0.3, -0.25) is 9.36 Å². The predicted molar refractivity (Wildman–Crippen MR) is 124 cm³/mol. The molecule has 0 aliphatic heterocycles. The topological polar surface area (TPSA) is 119 Å². The lowest BCUT2D eigenvalue weighted by Gasteiger charge is -2.22. The van der Waals surface area contributed by atoms with Crippen molar-refractivity contribution in [3.63, 3.8) is 0 Å². The number of halogens is 1. The lowest BCUT2D eigenvalue weighted by molar-refractivity contribution is 0.414. The summed E-state index contributed by atoms with van der Waals surface area (Å²) in [6.45, 7) is 1.87. The number of methoxy groups -OCH3 is 1. The van der Waals surface area contributed by atoms with Gasteiger partial charge in [0.05, 0.1) is 29.8 Å². The molecular formula is C23H19ClN6O2. The summed E-state index contributed by atoms with van der Waals surface area (Å²) in [7, 11) is 1.58. The zero-order chi connectivity index (χ0) is 22.8. The van der Waals surface area contributed by atoms with Crippen molar-refractivity contribution in [1.29, 1.82) is 5.26 Å². The molecule has 0 bridgehead atoms. The largest absolute Gasteiger partial charge is 0.497 e. The summed E-state index contributed by atoms with van der Waals surface area (Å²) in [5, 5.41) is 14.1. The second-order valence-electron chi connectivity index (χ2n) is 7.08. The Labute approximate surface area is 188 Å². The number of benzene rings is 2. The molecule has 4 aromatic rings. The van der Waals surface area contributed by atoms with E-state index in [4.69, 9.17) is 22.1 Å². The van der Waals surface area contributed by atoms with Gasteiger partial charge in [0.2, 0.25) is 5.95 Å². The standard InChI is InChI=1S/C23H19ClN6O2/c1-13(28-21-15(11-25)12-27-23(26)29-21)19-10-14-4-3-5-18(24)20(14)22(31)30(19)16-6-8-17(32-2)9-7-16/h3-10,12-13H,1-2H3,(H3,26,27,28,29)/t13-/m0/s1. The van der Waals surface area contributed by atoms with Crippen LogP contribution in [-0.4, -0.2) is 21.6 Å². The van der Waals surface area contributed by atoms with Gasteiger partial charge in [0.15, 0.2) is 0 Å². The molecule has 32 heavy (non-hydrogen) atoms. The minimum Gasteiger partial charge on any atom is -0.497 e. The number of nitrogens with one attached hydrogen (secondary N) is 1. The van der Waals surface area contributed by atoms with Crippen LogP contribution in [0.2, 0.25) is 5.02 Å². The van der Waals surface area contributed by atoms with Gasteiger partial charge in [0.1, 0.15) is 23.2 Å². The van der Waals surface area contributed by atoms with Gasteiger partial charge in [0.25, 0.3) is 5.56 Å². The predicted octanol–water partition coefficient (Wildman–Crippen LogP) is 4.07. The van der Waals surface area contributed by atoms with Crippen molar-refractivity contribution in [1.82, 2.24) is 14.5 Å². The Morgan fingerprint density at radius 2 is 2.00 bits per heavy atom. The minimum absolute atomic E-state index is 0.0385. The number of nitrogens with zero attached hydrogens (tertiary/aromatic N) is 4. The molecule has 1 atom stereocenters. The second-order valence-corrected chi connectivity index (χ2v) is 7.49. The molecule has 3 N–H and O–H groups in total. The molecule has 160 valence electrons. The van der Waals surface area contributed by atoms with Crippen LogP contribution in [0.25, 0.3) is 16.5 Å². The van der Waals surface area contributed by atoms with E-state index in [1.807, 2.05) is 25.1 Å². The van der Waals surface area contributed by atoms with Crippen molar-refractivity contribution in [2.45, 2.75) is 13.0 Å². The quantitative estimate of drug-likeness (QED) is 0.474. The number of anilines is 2. The first kappa shape index (κ1) is 21.2. The average Bonchev–Trinajstić information content (AvgIpc) is 2.79. The Kier molecular flexibility index (Phi) is 5.67. The Balaban J connectivity index is 1.92. The molecule has 9 heteroatoms. The van der Waals surface area contributed by atoms with E-state index in [9.17, 15) is 10.1 Å². The molecule has 0 fully saturated rings. The van der Waals surface area contributed by atoms with Crippen LogP contribution in [0.5, 0.6) is 5.75 Å². The van der Waals surface area contributed by atoms with Crippen molar-refractivity contribution in [3.8, 4) is 17.5 Å². The van der Waals surface area contributed by atoms with E-state index in [0.29, 0.717) is 32.9 Å². The SMILES string of the molecule is COc1ccc(-n2c([C@H](C)Nc3nc(N)ncc3C#N)cc3cccc(Cl)c3c2=O)cc1. The smallest absolute Gasteiger partial charge is 0.264 e. The highest BCUT2D eigenvalue weighted by Crippen LogP contribution is 2.28. The molecular weight excluding hydrogens is 428 g/mol. The molecule has 2 aromatic carbocycles. The number of nitriles is 1. The summed E-state index contributed by atoms with van der Waals surface area (Å²) in [5.41, 5.74) is 6.98. The maximum absolute atomic E-state index is 13.6. The zero-order valence-corrected chi connectivity index (χ0v) is 18.1. The minimum atomic E-state index is -0.422. The molecule has 0 unspecified atom stereocenters. The van der Waals surface area contributed by atoms with Crippen LogP contribution >= 0.6 is 11.6 Å². The number of ether oxygens (including phenoxy) is 1. The summed E-state index contributed by atoms with van der Waals surface area (Å²) in [6, 6.07) is 16.0. The third kappa shape index (κ3) is 3.82. The number of nitrogen functional groups attached to an aromatic ring is 1. The van der Waals surface area contributed by atoms with Crippen molar-refractivity contribution in [2.75, 3.05) is 18.2 Å². The van der Waals surface area contributed by atoms with Gasteiger partial charge in [-0.25, -0.2) is 4.98 Å². The lowest BCUT2D eigenvalue weighted by atomic mass is 10.1. The van der Waals surface area contributed by atoms with E-state index < -0.39 is 6.04 Å². The van der Waals surface area contributed by atoms with E-state index in [-0.39, 0.29) is 22.9 Å². The average molecular weight is 447 g/mol. The van der Waals surface area contributed by atoms with Gasteiger partial charge in [-0.1, -0.05) is 23.7 Å². The van der Waals surface area contributed by atoms with Gasteiger partial charge < -0.3 is 15.8 Å². The number of hydrogen-bond donors (Lipinski definition) is 2. The Hall–Kier alpha value is -4.09. The molecule has 0 saturated carbocycles. The highest BCUT2D eigenvalue weighted by molar-refractivity contribution is 6.35. The molecule has 0 saturated heterocycles. The van der Waals surface area contributed by atoms with E-state index in [2.05, 4.69) is 15.3 Å². The number of fused-ring (bicyclic) bond motifs is 1. The molecule has 0 aliphatic rings. The van der Waals surface area contributed by atoms with Gasteiger partial charge in [-0.15, -0.1) is 0 Å². The molecule has 0 spiro atoms. The van der Waals surface area contributed by atoms with Gasteiger partial charge in [-0.05, 0) is 48.7 Å². The summed E-state index contributed by atoms with van der Waals surface area (Å²) < 4.78 is 6.83. The monoisotopic (exact) mass is 446 g/mol. The number of pyridine rings is 1. The summed E-state index contributed by atoms with van der Waals surface area (Å²) >= 11 is 6.37. The van der Waals surface area contributed by atoms with Crippen molar-refractivity contribution >= 4 is 34.1 Å². The van der Waals surface area contributed by atoms with Crippen LogP contribution in [0.3, 0.4) is 0 Å². The molecule has 2 aromatic heterocycles. The molecule has 2 heterocycles. The number of aromatic nitrogens is 3. The fourth-order valence-corrected chi connectivity index (χ4v) is 3.78. The Bertz CT molecular complexity index is 1410. The van der Waals surface area contributed by atoms with Crippen molar-refractivity contribution in [3.05, 3.63) is 81.4 Å². The third-order valence-corrected chi connectivity index (χ3v) is 5.39. The Morgan fingerprint density at radius 3 is 2.69 bits per heavy atom. The first-order valence-corrected chi connectivity index (χ1v) is 10.1. The maximum atomic E-state index is 13.6. The first-order chi connectivity index (χ1) is 15.4. The lowest BCUT2D eigenvalue weighted by Crippen LogP contribution is -2.26. The fraction of sp³-hybridized carbons (Fsp3) is 0.130. The van der Waals surface area contributed by atoms with Gasteiger partial charge >= 0.3 is 0 Å². The van der Waals surface area contributed by atoms with E-state index in [0.717, 1.165) is 0 Å². The van der Waals surface area contributed by atoms with Crippen LogP contribution in [0.4, 0.5) is 11.8 Å². The van der Waals surface area contributed by atoms with E-state index >= 15 is 0 Å². The van der Waals surface area contributed by atoms with Gasteiger partial charge in [-0.2, -0.15) is 10.2 Å². The van der Waals surface area contributed by atoms with Crippen LogP contribution in [-0.2, 0) is 0 Å². The second kappa shape index (κ2) is 8.57.